The second-order valence-corrected chi connectivity index (χ2v) is 11.3. The van der Waals surface area contributed by atoms with E-state index in [4.69, 9.17) is 14.7 Å². The first-order valence-electron chi connectivity index (χ1n) is 15.1. The molecule has 1 saturated carbocycles. The number of nitrogens with one attached hydrogen (secondary N) is 3. The number of carbonyl (C=O) groups is 2. The van der Waals surface area contributed by atoms with Crippen LogP contribution in [0.1, 0.15) is 55.9 Å². The molecule has 4 aromatic rings. The summed E-state index contributed by atoms with van der Waals surface area (Å²) in [5.74, 6) is 0.572. The SMILES string of the molecule is CCNC(=O)[C@H]1O[C@@H](n2cnc3c(NCC(c4ccccc4)c4ccccc4)nc(NC4CCC(=O)CC4)nc32)[C@H](O)[C@@H]1O. The van der Waals surface area contributed by atoms with Gasteiger partial charge in [0.15, 0.2) is 29.3 Å². The number of hydrogen-bond acceptors (Lipinski definition) is 10. The van der Waals surface area contributed by atoms with Gasteiger partial charge in [0.2, 0.25) is 5.95 Å². The third-order valence-electron chi connectivity index (χ3n) is 8.30. The predicted octanol–water partition coefficient (Wildman–Crippen LogP) is 2.75. The number of ketones is 1. The van der Waals surface area contributed by atoms with Crippen LogP contribution < -0.4 is 16.0 Å². The van der Waals surface area contributed by atoms with Crippen LogP contribution in [0.5, 0.6) is 0 Å². The van der Waals surface area contributed by atoms with Gasteiger partial charge in [0.25, 0.3) is 5.91 Å². The van der Waals surface area contributed by atoms with Crippen molar-refractivity contribution in [3.63, 3.8) is 0 Å². The first kappa shape index (κ1) is 29.7. The third kappa shape index (κ3) is 6.14. The highest BCUT2D eigenvalue weighted by atomic mass is 16.6. The number of benzene rings is 2. The number of Topliss-reactive ketones (excluding diaryl/α,β-unsaturated/α-hetero) is 1. The smallest absolute Gasteiger partial charge is 0.252 e. The Morgan fingerprint density at radius 3 is 2.30 bits per heavy atom. The zero-order valence-corrected chi connectivity index (χ0v) is 24.5. The van der Waals surface area contributed by atoms with E-state index in [0.717, 1.165) is 11.1 Å². The Kier molecular flexibility index (Phi) is 8.82. The van der Waals surface area contributed by atoms with Gasteiger partial charge in [0, 0.05) is 37.9 Å². The average Bonchev–Trinajstić information content (AvgIpc) is 3.59. The van der Waals surface area contributed by atoms with Crippen molar-refractivity contribution in [2.45, 2.75) is 69.1 Å². The zero-order valence-electron chi connectivity index (χ0n) is 24.5. The number of nitrogens with zero attached hydrogens (tertiary/aromatic N) is 4. The molecule has 1 aliphatic carbocycles. The van der Waals surface area contributed by atoms with Gasteiger partial charge in [-0.2, -0.15) is 9.97 Å². The topological polar surface area (TPSA) is 164 Å². The molecule has 5 N–H and O–H groups in total. The van der Waals surface area contributed by atoms with Crippen LogP contribution >= 0.6 is 0 Å². The molecule has 2 aliphatic rings. The van der Waals surface area contributed by atoms with Crippen molar-refractivity contribution >= 4 is 34.6 Å². The van der Waals surface area contributed by atoms with Crippen LogP contribution in [0.15, 0.2) is 67.0 Å². The van der Waals surface area contributed by atoms with E-state index in [9.17, 15) is 19.8 Å². The summed E-state index contributed by atoms with van der Waals surface area (Å²) in [5, 5.41) is 31.1. The molecule has 2 fully saturated rings. The van der Waals surface area contributed by atoms with Crippen molar-refractivity contribution in [2.75, 3.05) is 23.7 Å². The lowest BCUT2D eigenvalue weighted by Gasteiger charge is -2.23. The number of carbonyl (C=O) groups excluding carboxylic acids is 2. The van der Waals surface area contributed by atoms with Gasteiger partial charge in [-0.25, -0.2) is 4.98 Å². The minimum atomic E-state index is -1.43. The van der Waals surface area contributed by atoms with E-state index in [1.54, 1.807) is 6.92 Å². The number of imidazole rings is 1. The lowest BCUT2D eigenvalue weighted by atomic mass is 9.91. The van der Waals surface area contributed by atoms with Crippen LogP contribution in [0, 0.1) is 0 Å². The fraction of sp³-hybridized carbons (Fsp3) is 0.406. The van der Waals surface area contributed by atoms with E-state index in [2.05, 4.69) is 45.2 Å². The molecule has 1 amide bonds. The molecule has 0 bridgehead atoms. The quantitative estimate of drug-likeness (QED) is 0.183. The average molecular weight is 600 g/mol. The van der Waals surface area contributed by atoms with Gasteiger partial charge in [0.05, 0.1) is 6.33 Å². The molecule has 44 heavy (non-hydrogen) atoms. The first-order chi connectivity index (χ1) is 21.4. The van der Waals surface area contributed by atoms with Gasteiger partial charge in [0.1, 0.15) is 18.0 Å². The molecule has 230 valence electrons. The summed E-state index contributed by atoms with van der Waals surface area (Å²) in [6.45, 7) is 2.63. The molecule has 3 heterocycles. The van der Waals surface area contributed by atoms with Gasteiger partial charge in [-0.3, -0.25) is 14.2 Å². The van der Waals surface area contributed by atoms with E-state index >= 15 is 0 Å². The fourth-order valence-electron chi connectivity index (χ4n) is 5.94. The maximum Gasteiger partial charge on any atom is 0.252 e. The number of ether oxygens (including phenoxy) is 1. The highest BCUT2D eigenvalue weighted by Crippen LogP contribution is 2.34. The van der Waals surface area contributed by atoms with Crippen LogP contribution in [0.2, 0.25) is 0 Å². The molecule has 2 aromatic heterocycles. The summed E-state index contributed by atoms with van der Waals surface area (Å²) in [5.41, 5.74) is 3.09. The summed E-state index contributed by atoms with van der Waals surface area (Å²) in [4.78, 5) is 38.5. The van der Waals surface area contributed by atoms with Crippen LogP contribution in [0.3, 0.4) is 0 Å². The molecule has 12 nitrogen and oxygen atoms in total. The van der Waals surface area contributed by atoms with Crippen molar-refractivity contribution < 1.29 is 24.5 Å². The molecule has 4 atom stereocenters. The molecular weight excluding hydrogens is 562 g/mol. The fourth-order valence-corrected chi connectivity index (χ4v) is 5.94. The lowest BCUT2D eigenvalue weighted by molar-refractivity contribution is -0.137. The molecule has 0 spiro atoms. The minimum absolute atomic E-state index is 0.0123. The summed E-state index contributed by atoms with van der Waals surface area (Å²) in [6, 6.07) is 20.4. The second-order valence-electron chi connectivity index (χ2n) is 11.3. The van der Waals surface area contributed by atoms with Crippen molar-refractivity contribution in [3.05, 3.63) is 78.1 Å². The number of amides is 1. The molecule has 1 saturated heterocycles. The Hall–Kier alpha value is -4.39. The summed E-state index contributed by atoms with van der Waals surface area (Å²) < 4.78 is 7.40. The maximum atomic E-state index is 12.5. The number of aliphatic hydroxyl groups is 2. The van der Waals surface area contributed by atoms with E-state index in [-0.39, 0.29) is 17.7 Å². The molecule has 0 unspecified atom stereocenters. The number of hydrogen-bond donors (Lipinski definition) is 5. The second kappa shape index (κ2) is 13.1. The van der Waals surface area contributed by atoms with Crippen molar-refractivity contribution in [2.24, 2.45) is 0 Å². The predicted molar refractivity (Wildman–Crippen MR) is 164 cm³/mol. The van der Waals surface area contributed by atoms with Crippen LogP contribution in [-0.2, 0) is 14.3 Å². The maximum absolute atomic E-state index is 12.5. The minimum Gasteiger partial charge on any atom is -0.387 e. The Labute approximate surface area is 254 Å². The monoisotopic (exact) mass is 599 g/mol. The van der Waals surface area contributed by atoms with Crippen LogP contribution in [0.25, 0.3) is 11.2 Å². The molecule has 2 aromatic carbocycles. The van der Waals surface area contributed by atoms with Crippen LogP contribution in [-0.4, -0.2) is 78.9 Å². The number of aromatic nitrogens is 4. The normalized spacial score (nSPS) is 22.4. The first-order valence-corrected chi connectivity index (χ1v) is 15.1. The number of fused-ring (bicyclic) bond motifs is 1. The van der Waals surface area contributed by atoms with Crippen molar-refractivity contribution in [1.82, 2.24) is 24.8 Å². The van der Waals surface area contributed by atoms with E-state index in [1.165, 1.54) is 10.9 Å². The van der Waals surface area contributed by atoms with Crippen molar-refractivity contribution in [3.8, 4) is 0 Å². The highest BCUT2D eigenvalue weighted by Gasteiger charge is 2.47. The van der Waals surface area contributed by atoms with E-state index in [1.807, 2.05) is 36.4 Å². The Bertz CT molecular complexity index is 1550. The molecule has 1 aliphatic heterocycles. The summed E-state index contributed by atoms with van der Waals surface area (Å²) in [7, 11) is 0. The lowest BCUT2D eigenvalue weighted by Crippen LogP contribution is -2.42. The number of anilines is 2. The Balaban J connectivity index is 1.35. The number of likely N-dealkylation sites (N-methyl/N-ethyl adjacent to an activating group) is 1. The summed E-state index contributed by atoms with van der Waals surface area (Å²) >= 11 is 0. The van der Waals surface area contributed by atoms with Crippen LogP contribution in [0.4, 0.5) is 11.8 Å². The van der Waals surface area contributed by atoms with Gasteiger partial charge < -0.3 is 30.9 Å². The third-order valence-corrected chi connectivity index (χ3v) is 8.30. The molecular formula is C32H37N7O5. The van der Waals surface area contributed by atoms with E-state index in [0.29, 0.717) is 61.7 Å². The number of rotatable bonds is 10. The Morgan fingerprint density at radius 2 is 1.66 bits per heavy atom. The van der Waals surface area contributed by atoms with Gasteiger partial charge in [-0.1, -0.05) is 60.7 Å². The molecule has 6 rings (SSSR count). The highest BCUT2D eigenvalue weighted by molar-refractivity contribution is 5.85. The standard InChI is InChI=1S/C32H37N7O5/c1-2-33-30(43)27-25(41)26(42)31(44-27)39-18-35-24-28(37-32(38-29(24)39)36-21-13-15-22(40)16-14-21)34-17-23(19-9-5-3-6-10-19)20-11-7-4-8-12-20/h3-12,18,21,23,25-27,31,41-42H,2,13-17H2,1H3,(H,33,43)(H2,34,36,37,38)/t25-,26+,27-,31+/m0/s1. The van der Waals surface area contributed by atoms with Gasteiger partial charge >= 0.3 is 0 Å². The van der Waals surface area contributed by atoms with Crippen molar-refractivity contribution in [1.29, 1.82) is 0 Å². The molecule has 12 heteroatoms. The van der Waals surface area contributed by atoms with Gasteiger partial charge in [-0.15, -0.1) is 0 Å². The largest absolute Gasteiger partial charge is 0.387 e. The number of aliphatic hydroxyl groups excluding tert-OH is 2. The molecule has 0 radical (unpaired) electrons. The van der Waals surface area contributed by atoms with E-state index < -0.39 is 30.4 Å². The zero-order chi connectivity index (χ0) is 30.6. The summed E-state index contributed by atoms with van der Waals surface area (Å²) in [6.07, 6.45) is -1.35. The van der Waals surface area contributed by atoms with Gasteiger partial charge in [-0.05, 0) is 30.9 Å². The Morgan fingerprint density at radius 1 is 1.00 bits per heavy atom.